The minimum absolute atomic E-state index is 0.141. The number of urea groups is 1. The zero-order chi connectivity index (χ0) is 21.4. The normalized spacial score (nSPS) is 11.3. The number of nitrogens with zero attached hydrogens (tertiary/aromatic N) is 2. The van der Waals surface area contributed by atoms with Gasteiger partial charge in [0.1, 0.15) is 11.6 Å². The van der Waals surface area contributed by atoms with Crippen molar-refractivity contribution in [2.24, 2.45) is 5.92 Å². The average Bonchev–Trinajstić information content (AvgIpc) is 2.83. The van der Waals surface area contributed by atoms with Crippen molar-refractivity contribution < 1.29 is 19.1 Å². The van der Waals surface area contributed by atoms with Gasteiger partial charge < -0.3 is 14.6 Å². The summed E-state index contributed by atoms with van der Waals surface area (Å²) in [5.41, 5.74) is 2.49. The Hall–Kier alpha value is -3.08. The lowest BCUT2D eigenvalue weighted by molar-refractivity contribution is -0.144. The molecular formula is C20H28N4O4. The fourth-order valence-corrected chi connectivity index (χ4v) is 2.58. The van der Waals surface area contributed by atoms with Crippen LogP contribution in [0.3, 0.4) is 0 Å². The van der Waals surface area contributed by atoms with E-state index in [1.165, 1.54) is 6.08 Å². The number of esters is 1. The highest BCUT2D eigenvalue weighted by Crippen LogP contribution is 2.20. The molecule has 0 aliphatic rings. The Kier molecular flexibility index (Phi) is 8.45. The molecule has 0 fully saturated rings. The van der Waals surface area contributed by atoms with Gasteiger partial charge in [0.2, 0.25) is 0 Å². The molecule has 1 rings (SSSR count). The average molecular weight is 388 g/mol. The van der Waals surface area contributed by atoms with E-state index in [1.54, 1.807) is 19.9 Å². The number of carbonyl (C=O) groups excluding carboxylic acids is 3. The van der Waals surface area contributed by atoms with Gasteiger partial charge in [-0.05, 0) is 51.3 Å². The van der Waals surface area contributed by atoms with E-state index in [9.17, 15) is 19.6 Å². The second-order valence-electron chi connectivity index (χ2n) is 7.25. The highest BCUT2D eigenvalue weighted by atomic mass is 16.5. The van der Waals surface area contributed by atoms with Gasteiger partial charge in [0.25, 0.3) is 5.91 Å². The molecular weight excluding hydrogens is 360 g/mol. The molecule has 0 spiro atoms. The molecule has 0 aliphatic carbocycles. The maximum Gasteiger partial charge on any atom is 0.349 e. The van der Waals surface area contributed by atoms with E-state index in [0.717, 1.165) is 23.5 Å². The van der Waals surface area contributed by atoms with Crippen LogP contribution in [0.15, 0.2) is 11.6 Å². The summed E-state index contributed by atoms with van der Waals surface area (Å²) in [4.78, 5) is 35.2. The first-order valence-electron chi connectivity index (χ1n) is 9.11. The molecule has 1 aromatic rings. The minimum Gasteiger partial charge on any atom is -0.451 e. The van der Waals surface area contributed by atoms with Gasteiger partial charge in [-0.2, -0.15) is 5.26 Å². The SMILES string of the molecule is Cc1cc(/C=C(\C#N)C(=O)OCC(=O)NC(=O)NC(C)C)c(C)n1CC(C)C. The van der Waals surface area contributed by atoms with Crippen molar-refractivity contribution in [3.8, 4) is 6.07 Å². The van der Waals surface area contributed by atoms with Crippen LogP contribution < -0.4 is 10.6 Å². The molecule has 3 amide bonds. The van der Waals surface area contributed by atoms with Gasteiger partial charge in [-0.15, -0.1) is 0 Å². The maximum absolute atomic E-state index is 12.1. The first-order chi connectivity index (χ1) is 13.0. The summed E-state index contributed by atoms with van der Waals surface area (Å²) in [5, 5.41) is 13.8. The molecule has 0 saturated heterocycles. The van der Waals surface area contributed by atoms with E-state index in [0.29, 0.717) is 5.92 Å². The van der Waals surface area contributed by atoms with Crippen LogP contribution >= 0.6 is 0 Å². The van der Waals surface area contributed by atoms with E-state index in [1.807, 2.05) is 25.2 Å². The molecule has 2 N–H and O–H groups in total. The zero-order valence-corrected chi connectivity index (χ0v) is 17.3. The smallest absolute Gasteiger partial charge is 0.349 e. The van der Waals surface area contributed by atoms with Crippen LogP contribution in [-0.4, -0.2) is 35.1 Å². The molecule has 0 saturated carbocycles. The highest BCUT2D eigenvalue weighted by Gasteiger charge is 2.17. The van der Waals surface area contributed by atoms with Crippen LogP contribution in [0.2, 0.25) is 0 Å². The van der Waals surface area contributed by atoms with Crippen LogP contribution in [0.5, 0.6) is 0 Å². The Morgan fingerprint density at radius 2 is 1.89 bits per heavy atom. The Balaban J connectivity index is 2.80. The molecule has 0 aliphatic heterocycles. The molecule has 0 bridgehead atoms. The Bertz CT molecular complexity index is 813. The molecule has 0 atom stereocenters. The first kappa shape index (κ1) is 23.0. The Morgan fingerprint density at radius 3 is 2.43 bits per heavy atom. The minimum atomic E-state index is -0.921. The number of carbonyl (C=O) groups is 3. The number of nitriles is 1. The molecule has 8 nitrogen and oxygen atoms in total. The molecule has 1 heterocycles. The van der Waals surface area contributed by atoms with Gasteiger partial charge in [-0.3, -0.25) is 10.1 Å². The summed E-state index contributed by atoms with van der Waals surface area (Å²) in [5.74, 6) is -1.25. The molecule has 152 valence electrons. The van der Waals surface area contributed by atoms with Crippen molar-refractivity contribution in [2.45, 2.75) is 54.1 Å². The Labute approximate surface area is 165 Å². The van der Waals surface area contributed by atoms with E-state index < -0.39 is 24.5 Å². The van der Waals surface area contributed by atoms with Crippen molar-refractivity contribution in [3.63, 3.8) is 0 Å². The van der Waals surface area contributed by atoms with E-state index in [2.05, 4.69) is 23.7 Å². The number of hydrogen-bond donors (Lipinski definition) is 2. The maximum atomic E-state index is 12.1. The Morgan fingerprint density at radius 1 is 1.25 bits per heavy atom. The van der Waals surface area contributed by atoms with Crippen LogP contribution in [0.1, 0.15) is 44.6 Å². The van der Waals surface area contributed by atoms with Crippen molar-refractivity contribution in [3.05, 3.63) is 28.6 Å². The van der Waals surface area contributed by atoms with Gasteiger partial charge in [-0.1, -0.05) is 13.8 Å². The lowest BCUT2D eigenvalue weighted by Gasteiger charge is -2.12. The fourth-order valence-electron chi connectivity index (χ4n) is 2.58. The zero-order valence-electron chi connectivity index (χ0n) is 17.3. The molecule has 8 heteroatoms. The van der Waals surface area contributed by atoms with Gasteiger partial charge in [0, 0.05) is 24.0 Å². The molecule has 0 unspecified atom stereocenters. The predicted octanol–water partition coefficient (Wildman–Crippen LogP) is 2.45. The standard InChI is InChI=1S/C20H28N4O4/c1-12(2)10-24-14(5)7-16(15(24)6)8-17(9-21)19(26)28-11-18(25)23-20(27)22-13(3)4/h7-8,12-13H,10-11H2,1-6H3,(H2,22,23,25,27)/b17-8+. The van der Waals surface area contributed by atoms with E-state index in [-0.39, 0.29) is 11.6 Å². The summed E-state index contributed by atoms with van der Waals surface area (Å²) < 4.78 is 6.97. The predicted molar refractivity (Wildman–Crippen MR) is 105 cm³/mol. The van der Waals surface area contributed by atoms with Crippen molar-refractivity contribution in [2.75, 3.05) is 6.61 Å². The highest BCUT2D eigenvalue weighted by molar-refractivity contribution is 6.00. The molecule has 0 aromatic carbocycles. The van der Waals surface area contributed by atoms with Crippen molar-refractivity contribution in [1.29, 1.82) is 5.26 Å². The summed E-state index contributed by atoms with van der Waals surface area (Å²) >= 11 is 0. The van der Waals surface area contributed by atoms with Crippen LogP contribution in [0, 0.1) is 31.1 Å². The summed E-state index contributed by atoms with van der Waals surface area (Å²) in [6, 6.07) is 2.88. The number of aryl methyl sites for hydroxylation is 1. The number of rotatable bonds is 7. The number of aromatic nitrogens is 1. The van der Waals surface area contributed by atoms with Gasteiger partial charge in [0.15, 0.2) is 6.61 Å². The molecule has 28 heavy (non-hydrogen) atoms. The third-order valence-electron chi connectivity index (χ3n) is 3.81. The number of nitrogens with one attached hydrogen (secondary N) is 2. The van der Waals surface area contributed by atoms with Crippen molar-refractivity contribution in [1.82, 2.24) is 15.2 Å². The van der Waals surface area contributed by atoms with Gasteiger partial charge >= 0.3 is 12.0 Å². The lowest BCUT2D eigenvalue weighted by atomic mass is 10.1. The van der Waals surface area contributed by atoms with Crippen LogP contribution in [-0.2, 0) is 20.9 Å². The molecule has 0 radical (unpaired) electrons. The number of hydrogen-bond acceptors (Lipinski definition) is 5. The van der Waals surface area contributed by atoms with Crippen molar-refractivity contribution >= 4 is 24.0 Å². The number of imide groups is 1. The van der Waals surface area contributed by atoms with E-state index >= 15 is 0 Å². The molecule has 1 aromatic heterocycles. The third-order valence-corrected chi connectivity index (χ3v) is 3.81. The third kappa shape index (κ3) is 6.91. The largest absolute Gasteiger partial charge is 0.451 e. The monoisotopic (exact) mass is 388 g/mol. The summed E-state index contributed by atoms with van der Waals surface area (Å²) in [6.07, 6.45) is 1.45. The fraction of sp³-hybridized carbons (Fsp3) is 0.500. The van der Waals surface area contributed by atoms with E-state index in [4.69, 9.17) is 4.74 Å². The number of amides is 3. The van der Waals surface area contributed by atoms with Gasteiger partial charge in [-0.25, -0.2) is 9.59 Å². The van der Waals surface area contributed by atoms with Gasteiger partial charge in [0.05, 0.1) is 0 Å². The first-order valence-corrected chi connectivity index (χ1v) is 9.11. The van der Waals surface area contributed by atoms with Crippen LogP contribution in [0.4, 0.5) is 4.79 Å². The summed E-state index contributed by atoms with van der Waals surface area (Å²) in [7, 11) is 0. The topological polar surface area (TPSA) is 113 Å². The quantitative estimate of drug-likeness (QED) is 0.423. The second-order valence-corrected chi connectivity index (χ2v) is 7.25. The summed E-state index contributed by atoms with van der Waals surface area (Å²) in [6.45, 7) is 11.8. The second kappa shape index (κ2) is 10.3. The number of ether oxygens (including phenoxy) is 1. The lowest BCUT2D eigenvalue weighted by Crippen LogP contribution is -2.44. The van der Waals surface area contributed by atoms with Crippen LogP contribution in [0.25, 0.3) is 6.08 Å².